The smallest absolute Gasteiger partial charge is 0.266 e. The number of nitrogens with zero attached hydrogens (tertiary/aromatic N) is 3. The molecule has 5 nitrogen and oxygen atoms in total. The van der Waals surface area contributed by atoms with Crippen molar-refractivity contribution in [3.63, 3.8) is 0 Å². The van der Waals surface area contributed by atoms with Crippen LogP contribution in [0.15, 0.2) is 4.52 Å². The molecule has 0 radical (unpaired) electrons. The molecule has 15 heavy (non-hydrogen) atoms. The summed E-state index contributed by atoms with van der Waals surface area (Å²) < 4.78 is 5.21. The van der Waals surface area contributed by atoms with Crippen LogP contribution in [0.5, 0.6) is 0 Å². The van der Waals surface area contributed by atoms with Crippen LogP contribution in [0.3, 0.4) is 0 Å². The van der Waals surface area contributed by atoms with Crippen LogP contribution in [-0.4, -0.2) is 36.3 Å². The predicted octanol–water partition coefficient (Wildman–Crippen LogP) is 0.820. The first kappa shape index (κ1) is 10.4. The monoisotopic (exact) mass is 210 g/mol. The van der Waals surface area contributed by atoms with Crippen molar-refractivity contribution >= 4 is 5.95 Å². The van der Waals surface area contributed by atoms with E-state index in [-0.39, 0.29) is 0 Å². The Hall–Kier alpha value is -1.10. The predicted molar refractivity (Wildman–Crippen MR) is 58.0 cm³/mol. The van der Waals surface area contributed by atoms with Crippen LogP contribution >= 0.6 is 0 Å². The summed E-state index contributed by atoms with van der Waals surface area (Å²) in [6.07, 6.45) is 3.25. The second kappa shape index (κ2) is 4.61. The minimum atomic E-state index is 0.372. The maximum absolute atomic E-state index is 5.21. The Morgan fingerprint density at radius 1 is 1.47 bits per heavy atom. The van der Waals surface area contributed by atoms with E-state index in [1.165, 1.54) is 12.8 Å². The van der Waals surface area contributed by atoms with Crippen molar-refractivity contribution in [1.29, 1.82) is 0 Å². The van der Waals surface area contributed by atoms with Gasteiger partial charge >= 0.3 is 0 Å². The molecule has 5 heteroatoms. The topological polar surface area (TPSA) is 54.2 Å². The minimum absolute atomic E-state index is 0.372. The minimum Gasteiger partial charge on any atom is -0.338 e. The number of rotatable bonds is 4. The average Bonchev–Trinajstić information content (AvgIpc) is 2.85. The van der Waals surface area contributed by atoms with E-state index in [1.807, 2.05) is 7.05 Å². The van der Waals surface area contributed by atoms with Crippen molar-refractivity contribution in [3.05, 3.63) is 5.89 Å². The first-order valence-electron chi connectivity index (χ1n) is 5.54. The summed E-state index contributed by atoms with van der Waals surface area (Å²) in [4.78, 5) is 6.57. The molecule has 84 valence electrons. The fourth-order valence-electron chi connectivity index (χ4n) is 1.74. The average molecular weight is 210 g/mol. The third-order valence-corrected chi connectivity index (χ3v) is 2.82. The summed E-state index contributed by atoms with van der Waals surface area (Å²) in [5, 5.41) is 7.15. The van der Waals surface area contributed by atoms with E-state index in [0.29, 0.717) is 6.04 Å². The Labute approximate surface area is 89.8 Å². The fraction of sp³-hybridized carbons (Fsp3) is 0.800. The number of hydrogen-bond acceptors (Lipinski definition) is 5. The molecule has 0 bridgehead atoms. The van der Waals surface area contributed by atoms with Crippen LogP contribution < -0.4 is 10.2 Å². The molecule has 0 amide bonds. The van der Waals surface area contributed by atoms with Crippen LogP contribution in [0.4, 0.5) is 5.95 Å². The van der Waals surface area contributed by atoms with Gasteiger partial charge in [-0.2, -0.15) is 4.98 Å². The Kier molecular flexibility index (Phi) is 3.20. The van der Waals surface area contributed by atoms with E-state index in [4.69, 9.17) is 4.52 Å². The van der Waals surface area contributed by atoms with E-state index < -0.39 is 0 Å². The second-order valence-corrected chi connectivity index (χ2v) is 4.08. The lowest BCUT2D eigenvalue weighted by molar-refractivity contribution is 0.364. The molecule has 1 aromatic heterocycles. The Bertz CT molecular complexity index is 306. The number of aromatic nitrogens is 2. The van der Waals surface area contributed by atoms with Crippen LogP contribution in [0, 0.1) is 0 Å². The van der Waals surface area contributed by atoms with Gasteiger partial charge in [0.15, 0.2) is 0 Å². The standard InChI is InChI=1S/C10H18N4O/c1-8(11-2)7-9-12-10(13-15-9)14-5-3-4-6-14/h8,11H,3-7H2,1-2H3. The van der Waals surface area contributed by atoms with Crippen LogP contribution in [0.2, 0.25) is 0 Å². The quantitative estimate of drug-likeness (QED) is 0.797. The number of nitrogens with one attached hydrogen (secondary N) is 1. The molecule has 0 aromatic carbocycles. The number of anilines is 1. The van der Waals surface area contributed by atoms with Gasteiger partial charge in [-0.15, -0.1) is 0 Å². The largest absolute Gasteiger partial charge is 0.338 e. The van der Waals surface area contributed by atoms with Crippen LogP contribution in [0.25, 0.3) is 0 Å². The molecule has 1 aliphatic rings. The zero-order chi connectivity index (χ0) is 10.7. The van der Waals surface area contributed by atoms with E-state index in [9.17, 15) is 0 Å². The first-order chi connectivity index (χ1) is 7.29. The summed E-state index contributed by atoms with van der Waals surface area (Å²) in [5.74, 6) is 1.48. The van der Waals surface area contributed by atoms with E-state index in [1.54, 1.807) is 0 Å². The summed E-state index contributed by atoms with van der Waals surface area (Å²) in [5.41, 5.74) is 0. The SMILES string of the molecule is CNC(C)Cc1nc(N2CCCC2)no1. The summed E-state index contributed by atoms with van der Waals surface area (Å²) >= 11 is 0. The lowest BCUT2D eigenvalue weighted by atomic mass is 10.2. The highest BCUT2D eigenvalue weighted by Crippen LogP contribution is 2.16. The third-order valence-electron chi connectivity index (χ3n) is 2.82. The van der Waals surface area contributed by atoms with Crippen molar-refractivity contribution in [2.24, 2.45) is 0 Å². The normalized spacial score (nSPS) is 18.4. The summed E-state index contributed by atoms with van der Waals surface area (Å²) in [7, 11) is 1.93. The van der Waals surface area contributed by atoms with Gasteiger partial charge in [-0.25, -0.2) is 0 Å². The molecular weight excluding hydrogens is 192 g/mol. The van der Waals surface area contributed by atoms with Crippen LogP contribution in [0.1, 0.15) is 25.7 Å². The summed E-state index contributed by atoms with van der Waals surface area (Å²) in [6.45, 7) is 4.21. The molecule has 1 atom stereocenters. The highest BCUT2D eigenvalue weighted by Gasteiger charge is 2.18. The molecule has 0 saturated carbocycles. The Morgan fingerprint density at radius 3 is 2.87 bits per heavy atom. The van der Waals surface area contributed by atoms with Gasteiger partial charge in [-0.3, -0.25) is 0 Å². The lowest BCUT2D eigenvalue weighted by Gasteiger charge is -2.09. The van der Waals surface area contributed by atoms with Gasteiger partial charge in [0.05, 0.1) is 0 Å². The molecule has 1 aromatic rings. The molecule has 0 spiro atoms. The van der Waals surface area contributed by atoms with Gasteiger partial charge in [-0.05, 0) is 32.0 Å². The van der Waals surface area contributed by atoms with Gasteiger partial charge in [0.25, 0.3) is 5.95 Å². The second-order valence-electron chi connectivity index (χ2n) is 4.08. The molecule has 1 aliphatic heterocycles. The van der Waals surface area contributed by atoms with Gasteiger partial charge in [-0.1, -0.05) is 0 Å². The molecule has 1 fully saturated rings. The van der Waals surface area contributed by atoms with Gasteiger partial charge < -0.3 is 14.7 Å². The van der Waals surface area contributed by atoms with E-state index >= 15 is 0 Å². The van der Waals surface area contributed by atoms with Gasteiger partial charge in [0.2, 0.25) is 5.89 Å². The first-order valence-corrected chi connectivity index (χ1v) is 5.54. The van der Waals surface area contributed by atoms with Gasteiger partial charge in [0, 0.05) is 25.6 Å². The molecule has 2 heterocycles. The van der Waals surface area contributed by atoms with Crippen molar-refractivity contribution < 1.29 is 4.52 Å². The highest BCUT2D eigenvalue weighted by molar-refractivity contribution is 5.28. The number of likely N-dealkylation sites (N-methyl/N-ethyl adjacent to an activating group) is 1. The zero-order valence-electron chi connectivity index (χ0n) is 9.36. The molecular formula is C10H18N4O. The summed E-state index contributed by atoms with van der Waals surface area (Å²) in [6, 6.07) is 0.372. The van der Waals surface area contributed by atoms with Crippen molar-refractivity contribution in [3.8, 4) is 0 Å². The molecule has 1 N–H and O–H groups in total. The molecule has 0 aliphatic carbocycles. The molecule has 2 rings (SSSR count). The fourth-order valence-corrected chi connectivity index (χ4v) is 1.74. The van der Waals surface area contributed by atoms with E-state index in [2.05, 4.69) is 27.3 Å². The maximum atomic E-state index is 5.21. The zero-order valence-corrected chi connectivity index (χ0v) is 9.36. The Morgan fingerprint density at radius 2 is 2.20 bits per heavy atom. The molecule has 1 unspecified atom stereocenters. The van der Waals surface area contributed by atoms with Crippen LogP contribution in [-0.2, 0) is 6.42 Å². The third kappa shape index (κ3) is 2.47. The highest BCUT2D eigenvalue weighted by atomic mass is 16.5. The van der Waals surface area contributed by atoms with Crippen molar-refractivity contribution in [1.82, 2.24) is 15.5 Å². The van der Waals surface area contributed by atoms with Crippen molar-refractivity contribution in [2.45, 2.75) is 32.2 Å². The number of hydrogen-bond donors (Lipinski definition) is 1. The Balaban J connectivity index is 1.97. The molecule has 1 saturated heterocycles. The maximum Gasteiger partial charge on any atom is 0.266 e. The van der Waals surface area contributed by atoms with E-state index in [0.717, 1.165) is 31.3 Å². The lowest BCUT2D eigenvalue weighted by Crippen LogP contribution is -2.24. The van der Waals surface area contributed by atoms with Crippen molar-refractivity contribution in [2.75, 3.05) is 25.0 Å². The van der Waals surface area contributed by atoms with Gasteiger partial charge in [0.1, 0.15) is 0 Å².